The summed E-state index contributed by atoms with van der Waals surface area (Å²) in [7, 11) is 0. The fourth-order valence-corrected chi connectivity index (χ4v) is 3.11. The number of nitrogens with two attached hydrogens (primary N) is 1. The van der Waals surface area contributed by atoms with Gasteiger partial charge in [0, 0.05) is 25.1 Å². The monoisotopic (exact) mass is 294 g/mol. The van der Waals surface area contributed by atoms with E-state index in [1.165, 1.54) is 6.33 Å². The third kappa shape index (κ3) is 2.36. The van der Waals surface area contributed by atoms with E-state index in [1.807, 2.05) is 24.3 Å². The first-order valence-electron chi connectivity index (χ1n) is 7.57. The van der Waals surface area contributed by atoms with Gasteiger partial charge in [0.15, 0.2) is 0 Å². The second kappa shape index (κ2) is 5.29. The van der Waals surface area contributed by atoms with Gasteiger partial charge in [-0.3, -0.25) is 0 Å². The minimum absolute atomic E-state index is 0.386. The zero-order chi connectivity index (χ0) is 14.9. The van der Waals surface area contributed by atoms with Crippen molar-refractivity contribution in [3.63, 3.8) is 0 Å². The molecule has 0 spiro atoms. The smallest absolute Gasteiger partial charge is 0.134 e. The molecule has 1 atom stereocenters. The number of nitrogens with one attached hydrogen (secondary N) is 1. The highest BCUT2D eigenvalue weighted by atomic mass is 15.2. The van der Waals surface area contributed by atoms with Crippen molar-refractivity contribution < 1.29 is 0 Å². The lowest BCUT2D eigenvalue weighted by Gasteiger charge is -2.32. The van der Waals surface area contributed by atoms with Crippen LogP contribution in [-0.2, 0) is 0 Å². The number of piperidine rings is 1. The zero-order valence-corrected chi connectivity index (χ0v) is 12.2. The molecule has 0 aliphatic carbocycles. The summed E-state index contributed by atoms with van der Waals surface area (Å²) in [5, 5.41) is 0. The fourth-order valence-electron chi connectivity index (χ4n) is 3.11. The van der Waals surface area contributed by atoms with E-state index >= 15 is 0 Å². The number of hydrogen-bond donors (Lipinski definition) is 2. The SMILES string of the molecule is Nc1cc(N2CCCC(c3nc4ccccc4[nH]3)C2)ncn1. The molecule has 0 amide bonds. The van der Waals surface area contributed by atoms with E-state index in [2.05, 4.69) is 25.9 Å². The number of aromatic nitrogens is 4. The molecular weight excluding hydrogens is 276 g/mol. The van der Waals surface area contributed by atoms with Gasteiger partial charge < -0.3 is 15.6 Å². The lowest BCUT2D eigenvalue weighted by atomic mass is 9.97. The van der Waals surface area contributed by atoms with Crippen LogP contribution in [0.1, 0.15) is 24.6 Å². The first-order chi connectivity index (χ1) is 10.8. The van der Waals surface area contributed by atoms with E-state index < -0.39 is 0 Å². The lowest BCUT2D eigenvalue weighted by Crippen LogP contribution is -2.35. The summed E-state index contributed by atoms with van der Waals surface area (Å²) < 4.78 is 0. The summed E-state index contributed by atoms with van der Waals surface area (Å²) in [6, 6.07) is 9.99. The summed E-state index contributed by atoms with van der Waals surface area (Å²) in [5.41, 5.74) is 7.89. The predicted octanol–water partition coefficient (Wildman–Crippen LogP) is 2.32. The molecule has 2 aromatic heterocycles. The Kier molecular flexibility index (Phi) is 3.14. The average Bonchev–Trinajstić information content (AvgIpc) is 2.99. The number of benzene rings is 1. The van der Waals surface area contributed by atoms with Crippen LogP contribution in [-0.4, -0.2) is 33.0 Å². The summed E-state index contributed by atoms with van der Waals surface area (Å²) in [4.78, 5) is 18.8. The Bertz CT molecular complexity index is 763. The van der Waals surface area contributed by atoms with Crippen molar-refractivity contribution in [3.05, 3.63) is 42.5 Å². The number of anilines is 2. The van der Waals surface area contributed by atoms with Gasteiger partial charge in [0.1, 0.15) is 23.8 Å². The Morgan fingerprint density at radius 1 is 1.23 bits per heavy atom. The molecule has 22 heavy (non-hydrogen) atoms. The number of para-hydroxylation sites is 2. The molecule has 0 saturated carbocycles. The Labute approximate surface area is 128 Å². The van der Waals surface area contributed by atoms with Crippen molar-refractivity contribution in [3.8, 4) is 0 Å². The average molecular weight is 294 g/mol. The van der Waals surface area contributed by atoms with Gasteiger partial charge in [-0.1, -0.05) is 12.1 Å². The van der Waals surface area contributed by atoms with Crippen molar-refractivity contribution in [1.82, 2.24) is 19.9 Å². The van der Waals surface area contributed by atoms with E-state index in [-0.39, 0.29) is 0 Å². The number of H-pyrrole nitrogens is 1. The van der Waals surface area contributed by atoms with Gasteiger partial charge in [-0.15, -0.1) is 0 Å². The third-order valence-corrected chi connectivity index (χ3v) is 4.21. The van der Waals surface area contributed by atoms with E-state index in [1.54, 1.807) is 0 Å². The molecule has 1 aliphatic rings. The normalized spacial score (nSPS) is 18.7. The van der Waals surface area contributed by atoms with E-state index in [4.69, 9.17) is 10.7 Å². The van der Waals surface area contributed by atoms with E-state index in [0.717, 1.165) is 48.6 Å². The molecular formula is C16H18N6. The molecule has 1 unspecified atom stereocenters. The summed E-state index contributed by atoms with van der Waals surface area (Å²) >= 11 is 0. The number of fused-ring (bicyclic) bond motifs is 1. The van der Waals surface area contributed by atoms with Crippen LogP contribution >= 0.6 is 0 Å². The zero-order valence-electron chi connectivity index (χ0n) is 12.2. The van der Waals surface area contributed by atoms with Gasteiger partial charge >= 0.3 is 0 Å². The van der Waals surface area contributed by atoms with E-state index in [9.17, 15) is 0 Å². The van der Waals surface area contributed by atoms with Crippen LogP contribution in [0.15, 0.2) is 36.7 Å². The first kappa shape index (κ1) is 13.1. The number of nitrogen functional groups attached to an aromatic ring is 1. The minimum Gasteiger partial charge on any atom is -0.384 e. The maximum atomic E-state index is 5.77. The Morgan fingerprint density at radius 2 is 2.14 bits per heavy atom. The molecule has 6 heteroatoms. The van der Waals surface area contributed by atoms with Crippen LogP contribution in [0.3, 0.4) is 0 Å². The molecule has 1 aromatic carbocycles. The van der Waals surface area contributed by atoms with Crippen LogP contribution in [0.5, 0.6) is 0 Å². The van der Waals surface area contributed by atoms with Gasteiger partial charge in [-0.2, -0.15) is 0 Å². The number of rotatable bonds is 2. The Morgan fingerprint density at radius 3 is 3.00 bits per heavy atom. The van der Waals surface area contributed by atoms with Gasteiger partial charge in [0.25, 0.3) is 0 Å². The minimum atomic E-state index is 0.386. The van der Waals surface area contributed by atoms with Crippen molar-refractivity contribution in [1.29, 1.82) is 0 Å². The van der Waals surface area contributed by atoms with Gasteiger partial charge in [-0.25, -0.2) is 15.0 Å². The lowest BCUT2D eigenvalue weighted by molar-refractivity contribution is 0.492. The summed E-state index contributed by atoms with van der Waals surface area (Å²) in [6.07, 6.45) is 3.78. The predicted molar refractivity (Wildman–Crippen MR) is 86.7 cm³/mol. The van der Waals surface area contributed by atoms with Crippen molar-refractivity contribution in [2.24, 2.45) is 0 Å². The number of nitrogens with zero attached hydrogens (tertiary/aromatic N) is 4. The maximum Gasteiger partial charge on any atom is 0.134 e. The van der Waals surface area contributed by atoms with Crippen molar-refractivity contribution in [2.75, 3.05) is 23.7 Å². The number of imidazole rings is 1. The highest BCUT2D eigenvalue weighted by molar-refractivity contribution is 5.74. The van der Waals surface area contributed by atoms with Crippen LogP contribution in [0.4, 0.5) is 11.6 Å². The standard InChI is InChI=1S/C16H18N6/c17-14-8-15(19-10-18-14)22-7-3-4-11(9-22)16-20-12-5-1-2-6-13(12)21-16/h1-2,5-6,8,10-11H,3-4,7,9H2,(H,20,21)(H2,17,18,19). The van der Waals surface area contributed by atoms with Gasteiger partial charge in [-0.05, 0) is 25.0 Å². The maximum absolute atomic E-state index is 5.77. The molecule has 6 nitrogen and oxygen atoms in total. The molecule has 4 rings (SSSR count). The molecule has 1 aliphatic heterocycles. The quantitative estimate of drug-likeness (QED) is 0.758. The van der Waals surface area contributed by atoms with Crippen LogP contribution in [0, 0.1) is 0 Å². The number of aromatic amines is 1. The second-order valence-corrected chi connectivity index (χ2v) is 5.73. The largest absolute Gasteiger partial charge is 0.384 e. The van der Waals surface area contributed by atoms with Crippen LogP contribution in [0.25, 0.3) is 11.0 Å². The molecule has 3 aromatic rings. The van der Waals surface area contributed by atoms with E-state index in [0.29, 0.717) is 11.7 Å². The molecule has 0 radical (unpaired) electrons. The third-order valence-electron chi connectivity index (χ3n) is 4.21. The van der Waals surface area contributed by atoms with Crippen LogP contribution < -0.4 is 10.6 Å². The number of hydrogen-bond acceptors (Lipinski definition) is 5. The van der Waals surface area contributed by atoms with Gasteiger partial charge in [0.05, 0.1) is 11.0 Å². The topological polar surface area (TPSA) is 83.7 Å². The second-order valence-electron chi connectivity index (χ2n) is 5.73. The van der Waals surface area contributed by atoms with Crippen LogP contribution in [0.2, 0.25) is 0 Å². The van der Waals surface area contributed by atoms with Crippen molar-refractivity contribution >= 4 is 22.7 Å². The molecule has 0 bridgehead atoms. The first-order valence-corrected chi connectivity index (χ1v) is 7.57. The van der Waals surface area contributed by atoms with Gasteiger partial charge in [0.2, 0.25) is 0 Å². The Balaban J connectivity index is 1.60. The highest BCUT2D eigenvalue weighted by Gasteiger charge is 2.24. The Hall–Kier alpha value is -2.63. The van der Waals surface area contributed by atoms with Crippen molar-refractivity contribution in [2.45, 2.75) is 18.8 Å². The summed E-state index contributed by atoms with van der Waals surface area (Å²) in [5.74, 6) is 2.86. The summed E-state index contributed by atoms with van der Waals surface area (Å²) in [6.45, 7) is 1.89. The highest BCUT2D eigenvalue weighted by Crippen LogP contribution is 2.29. The molecule has 3 N–H and O–H groups in total. The fraction of sp³-hybridized carbons (Fsp3) is 0.312. The molecule has 1 saturated heterocycles. The molecule has 1 fully saturated rings. The molecule has 112 valence electrons. The molecule has 3 heterocycles.